The minimum atomic E-state index is -1.95. The lowest BCUT2D eigenvalue weighted by Crippen LogP contribution is -2.24. The van der Waals surface area contributed by atoms with E-state index in [0.29, 0.717) is 4.90 Å². The maximum absolute atomic E-state index is 11.2. The third-order valence-corrected chi connectivity index (χ3v) is 3.73. The van der Waals surface area contributed by atoms with Gasteiger partial charge in [0.1, 0.15) is 0 Å². The molecule has 80 valence electrons. The molecule has 0 aromatic heterocycles. The van der Waals surface area contributed by atoms with Crippen LogP contribution in [-0.2, 0) is 16.5 Å². The van der Waals surface area contributed by atoms with Gasteiger partial charge in [0.05, 0.1) is 10.6 Å². The largest absolute Gasteiger partial charge is 0.302 e. The van der Waals surface area contributed by atoms with Gasteiger partial charge in [-0.05, 0) is 19.1 Å². The van der Waals surface area contributed by atoms with Crippen LogP contribution in [0.25, 0.3) is 0 Å². The molecule has 0 spiro atoms. The second kappa shape index (κ2) is 3.25. The lowest BCUT2D eigenvalue weighted by Gasteiger charge is -2.21. The van der Waals surface area contributed by atoms with Crippen molar-refractivity contribution in [3.63, 3.8) is 0 Å². The SMILES string of the molecule is CC1=Nc2cccc(S(=O)O)c2C1(C)C. The molecule has 1 atom stereocenters. The smallest absolute Gasteiger partial charge is 0.186 e. The summed E-state index contributed by atoms with van der Waals surface area (Å²) in [5.41, 5.74) is 2.43. The zero-order valence-electron chi connectivity index (χ0n) is 8.94. The molecule has 1 N–H and O–H groups in total. The number of nitrogens with zero attached hydrogens (tertiary/aromatic N) is 1. The Bertz CT molecular complexity index is 477. The summed E-state index contributed by atoms with van der Waals surface area (Å²) < 4.78 is 20.4. The fourth-order valence-corrected chi connectivity index (χ4v) is 2.62. The Labute approximate surface area is 91.5 Å². The summed E-state index contributed by atoms with van der Waals surface area (Å²) in [6.45, 7) is 5.99. The molecule has 15 heavy (non-hydrogen) atoms. The zero-order valence-corrected chi connectivity index (χ0v) is 9.76. The van der Waals surface area contributed by atoms with Crippen LogP contribution in [0.15, 0.2) is 28.1 Å². The van der Waals surface area contributed by atoms with Crippen LogP contribution in [0.4, 0.5) is 5.69 Å². The van der Waals surface area contributed by atoms with Gasteiger partial charge >= 0.3 is 0 Å². The molecule has 3 nitrogen and oxygen atoms in total. The fraction of sp³-hybridized carbons (Fsp3) is 0.364. The predicted molar refractivity (Wildman–Crippen MR) is 61.3 cm³/mol. The van der Waals surface area contributed by atoms with Gasteiger partial charge in [-0.3, -0.25) is 4.99 Å². The van der Waals surface area contributed by atoms with Crippen molar-refractivity contribution in [2.45, 2.75) is 31.1 Å². The van der Waals surface area contributed by atoms with Gasteiger partial charge in [0, 0.05) is 16.7 Å². The van der Waals surface area contributed by atoms with Crippen molar-refractivity contribution in [2.75, 3.05) is 0 Å². The van der Waals surface area contributed by atoms with Crippen molar-refractivity contribution in [1.29, 1.82) is 0 Å². The first-order valence-corrected chi connectivity index (χ1v) is 5.85. The molecular weight excluding hydrogens is 210 g/mol. The first-order chi connectivity index (χ1) is 6.94. The van der Waals surface area contributed by atoms with Gasteiger partial charge in [0.25, 0.3) is 0 Å². The van der Waals surface area contributed by atoms with Crippen LogP contribution >= 0.6 is 0 Å². The number of rotatable bonds is 1. The van der Waals surface area contributed by atoms with Crippen LogP contribution in [0.2, 0.25) is 0 Å². The van der Waals surface area contributed by atoms with Gasteiger partial charge in [-0.25, -0.2) is 4.21 Å². The Hall–Kier alpha value is -1.00. The molecule has 1 aliphatic rings. The number of aliphatic imine (C=N–C) groups is 1. The third-order valence-electron chi connectivity index (χ3n) is 3.01. The summed E-state index contributed by atoms with van der Waals surface area (Å²) in [6.07, 6.45) is 0. The fourth-order valence-electron chi connectivity index (χ4n) is 1.89. The van der Waals surface area contributed by atoms with E-state index in [1.807, 2.05) is 26.8 Å². The van der Waals surface area contributed by atoms with E-state index >= 15 is 0 Å². The highest BCUT2D eigenvalue weighted by Crippen LogP contribution is 2.42. The molecule has 0 bridgehead atoms. The summed E-state index contributed by atoms with van der Waals surface area (Å²) >= 11 is -1.95. The van der Waals surface area contributed by atoms with Gasteiger partial charge in [-0.15, -0.1) is 0 Å². The number of benzene rings is 1. The van der Waals surface area contributed by atoms with E-state index in [1.54, 1.807) is 12.1 Å². The highest BCUT2D eigenvalue weighted by molar-refractivity contribution is 7.79. The van der Waals surface area contributed by atoms with Gasteiger partial charge in [-0.2, -0.15) is 0 Å². The van der Waals surface area contributed by atoms with Crippen LogP contribution in [0.3, 0.4) is 0 Å². The average Bonchev–Trinajstić information content (AvgIpc) is 2.38. The Morgan fingerprint density at radius 2 is 2.07 bits per heavy atom. The molecule has 1 heterocycles. The lowest BCUT2D eigenvalue weighted by atomic mass is 9.82. The van der Waals surface area contributed by atoms with E-state index < -0.39 is 11.1 Å². The third kappa shape index (κ3) is 1.44. The van der Waals surface area contributed by atoms with Crippen LogP contribution in [0.5, 0.6) is 0 Å². The topological polar surface area (TPSA) is 49.7 Å². The standard InChI is InChI=1S/C11H13NO2S/c1-7-11(2,3)10-8(12-7)5-4-6-9(10)15(13)14/h4-6H,1-3H3,(H,13,14). The summed E-state index contributed by atoms with van der Waals surface area (Å²) in [5.74, 6) is 0. The van der Waals surface area contributed by atoms with Crippen LogP contribution < -0.4 is 0 Å². The molecule has 0 aliphatic carbocycles. The first kappa shape index (κ1) is 10.5. The van der Waals surface area contributed by atoms with E-state index in [-0.39, 0.29) is 5.41 Å². The molecule has 2 rings (SSSR count). The summed E-state index contributed by atoms with van der Waals surface area (Å²) in [5, 5.41) is 0. The van der Waals surface area contributed by atoms with E-state index in [2.05, 4.69) is 4.99 Å². The van der Waals surface area contributed by atoms with Crippen LogP contribution in [0.1, 0.15) is 26.3 Å². The molecule has 1 aliphatic heterocycles. The highest BCUT2D eigenvalue weighted by atomic mass is 32.2. The number of hydrogen-bond donors (Lipinski definition) is 1. The maximum atomic E-state index is 11.2. The van der Waals surface area contributed by atoms with Crippen molar-refractivity contribution in [3.8, 4) is 0 Å². The normalized spacial score (nSPS) is 19.6. The van der Waals surface area contributed by atoms with Gasteiger partial charge in [-0.1, -0.05) is 19.9 Å². The molecule has 1 unspecified atom stereocenters. The van der Waals surface area contributed by atoms with Crippen molar-refractivity contribution < 1.29 is 8.76 Å². The molecule has 4 heteroatoms. The average molecular weight is 223 g/mol. The highest BCUT2D eigenvalue weighted by Gasteiger charge is 2.35. The number of hydrogen-bond acceptors (Lipinski definition) is 2. The molecule has 1 aromatic carbocycles. The lowest BCUT2D eigenvalue weighted by molar-refractivity contribution is 0.560. The molecule has 1 aromatic rings. The molecular formula is C11H13NO2S. The Balaban J connectivity index is 2.73. The molecule has 0 amide bonds. The van der Waals surface area contributed by atoms with Crippen LogP contribution in [-0.4, -0.2) is 14.5 Å². The predicted octanol–water partition coefficient (Wildman–Crippen LogP) is 2.65. The van der Waals surface area contributed by atoms with E-state index in [1.165, 1.54) is 0 Å². The Kier molecular flexibility index (Phi) is 2.28. The van der Waals surface area contributed by atoms with Crippen LogP contribution in [0, 0.1) is 0 Å². The first-order valence-electron chi connectivity index (χ1n) is 4.74. The molecule has 0 saturated carbocycles. The summed E-state index contributed by atoms with van der Waals surface area (Å²) in [6, 6.07) is 5.33. The summed E-state index contributed by atoms with van der Waals surface area (Å²) in [7, 11) is 0. The molecule has 0 saturated heterocycles. The Morgan fingerprint density at radius 1 is 1.40 bits per heavy atom. The van der Waals surface area contributed by atoms with Crippen molar-refractivity contribution in [3.05, 3.63) is 23.8 Å². The van der Waals surface area contributed by atoms with E-state index in [0.717, 1.165) is 17.0 Å². The second-order valence-corrected chi connectivity index (χ2v) is 5.16. The quantitative estimate of drug-likeness (QED) is 0.744. The van der Waals surface area contributed by atoms with Crippen molar-refractivity contribution in [2.24, 2.45) is 4.99 Å². The zero-order chi connectivity index (χ0) is 11.2. The summed E-state index contributed by atoms with van der Waals surface area (Å²) in [4.78, 5) is 4.89. The monoisotopic (exact) mass is 223 g/mol. The number of fused-ring (bicyclic) bond motifs is 1. The second-order valence-electron chi connectivity index (χ2n) is 4.22. The van der Waals surface area contributed by atoms with Gasteiger partial charge in [0.2, 0.25) is 0 Å². The molecule has 0 fully saturated rings. The van der Waals surface area contributed by atoms with E-state index in [9.17, 15) is 8.76 Å². The van der Waals surface area contributed by atoms with E-state index in [4.69, 9.17) is 0 Å². The minimum absolute atomic E-state index is 0.246. The van der Waals surface area contributed by atoms with Gasteiger partial charge in [0.15, 0.2) is 11.1 Å². The molecule has 0 radical (unpaired) electrons. The van der Waals surface area contributed by atoms with Crippen molar-refractivity contribution >= 4 is 22.5 Å². The maximum Gasteiger partial charge on any atom is 0.186 e. The Morgan fingerprint density at radius 3 is 2.67 bits per heavy atom. The van der Waals surface area contributed by atoms with Gasteiger partial charge < -0.3 is 4.55 Å². The minimum Gasteiger partial charge on any atom is -0.302 e. The van der Waals surface area contributed by atoms with Crippen molar-refractivity contribution in [1.82, 2.24) is 0 Å².